The van der Waals surface area contributed by atoms with E-state index in [1.165, 1.54) is 180 Å². The van der Waals surface area contributed by atoms with E-state index in [1.54, 1.807) is 0 Å². The van der Waals surface area contributed by atoms with Crippen LogP contribution in [0.2, 0.25) is 0 Å². The first-order chi connectivity index (χ1) is 46.9. The Labute approximate surface area is 592 Å². The molecule has 0 aromatic carbocycles. The van der Waals surface area contributed by atoms with E-state index in [-0.39, 0.29) is 25.7 Å². The van der Waals surface area contributed by atoms with E-state index in [4.69, 9.17) is 37.0 Å². The summed E-state index contributed by atoms with van der Waals surface area (Å²) in [6, 6.07) is 0. The average Bonchev–Trinajstić information content (AvgIpc) is 1.48. The number of rotatable bonds is 75. The summed E-state index contributed by atoms with van der Waals surface area (Å²) >= 11 is 0. The summed E-state index contributed by atoms with van der Waals surface area (Å²) in [6.07, 6.45) is 60.4. The predicted molar refractivity (Wildman–Crippen MR) is 395 cm³/mol. The van der Waals surface area contributed by atoms with Gasteiger partial charge in [0.1, 0.15) is 19.3 Å². The molecule has 0 saturated carbocycles. The number of hydrogen-bond acceptors (Lipinski definition) is 15. The molecule has 0 fully saturated rings. The Morgan fingerprint density at radius 1 is 0.320 bits per heavy atom. The number of esters is 4. The first-order valence-electron chi connectivity index (χ1n) is 39.8. The van der Waals surface area contributed by atoms with Crippen molar-refractivity contribution in [3.05, 3.63) is 24.3 Å². The van der Waals surface area contributed by atoms with Crippen LogP contribution >= 0.6 is 15.6 Å². The molecule has 0 spiro atoms. The maximum Gasteiger partial charge on any atom is 0.472 e. The van der Waals surface area contributed by atoms with Crippen molar-refractivity contribution >= 4 is 39.5 Å². The second-order valence-corrected chi connectivity index (χ2v) is 31.3. The zero-order chi connectivity index (χ0) is 71.4. The molecular formula is C78H148O17P2. The number of allylic oxidation sites excluding steroid dienone is 4. The number of aliphatic hydroxyl groups excluding tert-OH is 1. The van der Waals surface area contributed by atoms with Crippen LogP contribution in [0.15, 0.2) is 24.3 Å². The van der Waals surface area contributed by atoms with Crippen molar-refractivity contribution in [2.75, 3.05) is 39.6 Å². The quantitative estimate of drug-likeness (QED) is 0.0169. The number of carbonyl (C=O) groups excluding carboxylic acids is 4. The van der Waals surface area contributed by atoms with E-state index in [0.717, 1.165) is 121 Å². The second kappa shape index (κ2) is 69.3. The standard InChI is InChI=1S/C78H148O17P2/c1-7-9-11-13-15-17-19-21-23-28-31-35-42-48-54-60-75(80)88-66-73(94-78(83)63-57-51-45-37-33-29-25-22-24-27-30-34-40-46-52-58-70(3)4)68-92-96(84,85)90-64-72(79)65-91-97(86,87)93-69-74(67-89-76(81)61-55-49-43-39-38-41-47-53-59-71(5)6)95-77(82)62-56-50-44-36-32-26-20-18-16-14-12-10-8-2/h17,19,21,23,70-74,79H,7-16,18,20,22,24-69H2,1-6H3,(H,84,85)(H,86,87)/b19-17-,23-21-/t72-,73-,74-/m1/s1. The highest BCUT2D eigenvalue weighted by Gasteiger charge is 2.30. The molecule has 0 radical (unpaired) electrons. The number of aliphatic hydroxyl groups is 1. The third-order valence-corrected chi connectivity index (χ3v) is 19.5. The van der Waals surface area contributed by atoms with E-state index in [0.29, 0.717) is 25.7 Å². The molecule has 3 N–H and O–H groups in total. The normalized spacial score (nSPS) is 14.1. The van der Waals surface area contributed by atoms with Crippen molar-refractivity contribution in [1.29, 1.82) is 0 Å². The topological polar surface area (TPSA) is 237 Å². The molecule has 0 aromatic heterocycles. The maximum absolute atomic E-state index is 13.1. The van der Waals surface area contributed by atoms with Crippen molar-refractivity contribution < 1.29 is 80.2 Å². The molecule has 0 amide bonds. The minimum absolute atomic E-state index is 0.101. The average molecular weight is 1420 g/mol. The lowest BCUT2D eigenvalue weighted by Crippen LogP contribution is -2.30. The third-order valence-electron chi connectivity index (χ3n) is 17.6. The van der Waals surface area contributed by atoms with Crippen LogP contribution in [0.5, 0.6) is 0 Å². The van der Waals surface area contributed by atoms with Gasteiger partial charge < -0.3 is 33.8 Å². The van der Waals surface area contributed by atoms with E-state index >= 15 is 0 Å². The van der Waals surface area contributed by atoms with Crippen LogP contribution < -0.4 is 0 Å². The number of ether oxygens (including phenoxy) is 4. The molecule has 0 heterocycles. The minimum Gasteiger partial charge on any atom is -0.462 e. The van der Waals surface area contributed by atoms with E-state index in [1.807, 2.05) is 0 Å². The van der Waals surface area contributed by atoms with Gasteiger partial charge in [-0.15, -0.1) is 0 Å². The highest BCUT2D eigenvalue weighted by Crippen LogP contribution is 2.45. The van der Waals surface area contributed by atoms with Gasteiger partial charge in [0, 0.05) is 25.7 Å². The Kier molecular flexibility index (Phi) is 67.5. The molecule has 19 heteroatoms. The molecule has 2 unspecified atom stereocenters. The summed E-state index contributed by atoms with van der Waals surface area (Å²) in [5.74, 6) is -0.617. The van der Waals surface area contributed by atoms with Gasteiger partial charge in [-0.3, -0.25) is 37.3 Å². The minimum atomic E-state index is -4.97. The number of phosphoric acid groups is 2. The fourth-order valence-corrected chi connectivity index (χ4v) is 13.0. The lowest BCUT2D eigenvalue weighted by Gasteiger charge is -2.21. The van der Waals surface area contributed by atoms with Gasteiger partial charge in [-0.05, 0) is 63.2 Å². The fourth-order valence-electron chi connectivity index (χ4n) is 11.5. The van der Waals surface area contributed by atoms with Crippen LogP contribution in [-0.4, -0.2) is 96.7 Å². The zero-order valence-electron chi connectivity index (χ0n) is 62.9. The van der Waals surface area contributed by atoms with E-state index in [9.17, 15) is 43.2 Å². The summed E-state index contributed by atoms with van der Waals surface area (Å²) in [7, 11) is -9.93. The summed E-state index contributed by atoms with van der Waals surface area (Å²) in [6.45, 7) is 9.54. The number of hydrogen-bond donors (Lipinski definition) is 3. The summed E-state index contributed by atoms with van der Waals surface area (Å²) in [5.41, 5.74) is 0. The van der Waals surface area contributed by atoms with Crippen LogP contribution in [0.4, 0.5) is 0 Å². The molecular weight excluding hydrogens is 1270 g/mol. The first-order valence-corrected chi connectivity index (χ1v) is 42.8. The van der Waals surface area contributed by atoms with Crippen LogP contribution in [0, 0.1) is 11.8 Å². The Morgan fingerprint density at radius 3 is 0.845 bits per heavy atom. The molecule has 0 aliphatic carbocycles. The monoisotopic (exact) mass is 1420 g/mol. The molecule has 0 aliphatic rings. The third kappa shape index (κ3) is 71.7. The van der Waals surface area contributed by atoms with Gasteiger partial charge >= 0.3 is 39.5 Å². The van der Waals surface area contributed by atoms with Gasteiger partial charge in [-0.25, -0.2) is 9.13 Å². The van der Waals surface area contributed by atoms with Crippen LogP contribution in [-0.2, 0) is 65.4 Å². The summed E-state index contributed by atoms with van der Waals surface area (Å²) in [5, 5.41) is 10.6. The van der Waals surface area contributed by atoms with Gasteiger partial charge in [0.15, 0.2) is 12.2 Å². The Balaban J connectivity index is 5.29. The van der Waals surface area contributed by atoms with Gasteiger partial charge in [0.25, 0.3) is 0 Å². The van der Waals surface area contributed by atoms with Crippen LogP contribution in [0.1, 0.15) is 382 Å². The molecule has 0 aromatic rings. The molecule has 97 heavy (non-hydrogen) atoms. The molecule has 17 nitrogen and oxygen atoms in total. The molecule has 0 rings (SSSR count). The summed E-state index contributed by atoms with van der Waals surface area (Å²) < 4.78 is 68.6. The smallest absolute Gasteiger partial charge is 0.462 e. The maximum atomic E-state index is 13.1. The Hall–Kier alpha value is -2.46. The fraction of sp³-hybridized carbons (Fsp3) is 0.897. The molecule has 0 aliphatic heterocycles. The van der Waals surface area contributed by atoms with Gasteiger partial charge in [0.2, 0.25) is 0 Å². The number of phosphoric ester groups is 2. The highest BCUT2D eigenvalue weighted by atomic mass is 31.2. The Morgan fingerprint density at radius 2 is 0.557 bits per heavy atom. The summed E-state index contributed by atoms with van der Waals surface area (Å²) in [4.78, 5) is 72.9. The predicted octanol–water partition coefficient (Wildman–Crippen LogP) is 22.7. The van der Waals surface area contributed by atoms with E-state index < -0.39 is 97.5 Å². The number of carbonyl (C=O) groups is 4. The van der Waals surface area contributed by atoms with Crippen molar-refractivity contribution in [2.24, 2.45) is 11.8 Å². The molecule has 0 saturated heterocycles. The van der Waals surface area contributed by atoms with Gasteiger partial charge in [-0.2, -0.15) is 0 Å². The van der Waals surface area contributed by atoms with Crippen molar-refractivity contribution in [3.63, 3.8) is 0 Å². The molecule has 0 bridgehead atoms. The SMILES string of the molecule is CCCCCC/C=C\C=C/CCCCCCCC(=O)OC[C@H](COP(=O)(O)OC[C@@H](O)COP(=O)(O)OC[C@@H](COC(=O)CCCCCCCCCCC(C)C)OC(=O)CCCCCCCCCCCCCCC)OC(=O)CCCCCCCCCCCCCCCCCC(C)C. The van der Waals surface area contributed by atoms with Gasteiger partial charge in [-0.1, -0.05) is 329 Å². The lowest BCUT2D eigenvalue weighted by molar-refractivity contribution is -0.161. The van der Waals surface area contributed by atoms with E-state index in [2.05, 4.69) is 65.8 Å². The van der Waals surface area contributed by atoms with Crippen molar-refractivity contribution in [2.45, 2.75) is 400 Å². The first kappa shape index (κ1) is 94.5. The largest absolute Gasteiger partial charge is 0.472 e. The zero-order valence-corrected chi connectivity index (χ0v) is 64.7. The van der Waals surface area contributed by atoms with Crippen molar-refractivity contribution in [1.82, 2.24) is 0 Å². The lowest BCUT2D eigenvalue weighted by atomic mass is 10.0. The van der Waals surface area contributed by atoms with Crippen LogP contribution in [0.3, 0.4) is 0 Å². The highest BCUT2D eigenvalue weighted by molar-refractivity contribution is 7.47. The van der Waals surface area contributed by atoms with Crippen molar-refractivity contribution in [3.8, 4) is 0 Å². The molecule has 572 valence electrons. The van der Waals surface area contributed by atoms with Crippen LogP contribution in [0.25, 0.3) is 0 Å². The number of unbranched alkanes of at least 4 members (excludes halogenated alkanes) is 42. The van der Waals surface area contributed by atoms with Gasteiger partial charge in [0.05, 0.1) is 26.4 Å². The second-order valence-electron chi connectivity index (χ2n) is 28.4. The molecule has 5 atom stereocenters. The Bertz CT molecular complexity index is 1970.